The lowest BCUT2D eigenvalue weighted by Gasteiger charge is -2.39. The zero-order valence-electron chi connectivity index (χ0n) is 15.1. The molecule has 7 nitrogen and oxygen atoms in total. The molecule has 0 aromatic rings. The Kier molecular flexibility index (Phi) is 6.44. The molecule has 0 radical (unpaired) electrons. The number of carbonyl (C=O) groups is 1. The van der Waals surface area contributed by atoms with Gasteiger partial charge in [-0.15, -0.1) is 0 Å². The number of nitrogens with zero attached hydrogens (tertiary/aromatic N) is 3. The Bertz CT molecular complexity index is 553. The van der Waals surface area contributed by atoms with Gasteiger partial charge in [0, 0.05) is 33.7 Å². The molecule has 0 saturated carbocycles. The molecule has 1 rings (SSSR count). The van der Waals surface area contributed by atoms with Gasteiger partial charge in [-0.1, -0.05) is 13.8 Å². The zero-order valence-corrected chi connectivity index (χ0v) is 15.9. The number of aliphatic imine (C=N–C) groups is 1. The highest BCUT2D eigenvalue weighted by atomic mass is 32.2. The Morgan fingerprint density at radius 1 is 1.35 bits per heavy atom. The number of sulfone groups is 1. The molecular weight excluding hydrogens is 316 g/mol. The molecule has 1 aliphatic heterocycles. The van der Waals surface area contributed by atoms with E-state index in [-0.39, 0.29) is 18.2 Å². The minimum absolute atomic E-state index is 0.0527. The van der Waals surface area contributed by atoms with E-state index in [4.69, 9.17) is 0 Å². The van der Waals surface area contributed by atoms with Crippen LogP contribution < -0.4 is 5.32 Å². The molecule has 1 amide bonds. The summed E-state index contributed by atoms with van der Waals surface area (Å²) in [5.74, 6) is 1.05. The highest BCUT2D eigenvalue weighted by Crippen LogP contribution is 2.23. The van der Waals surface area contributed by atoms with Gasteiger partial charge >= 0.3 is 0 Å². The van der Waals surface area contributed by atoms with Gasteiger partial charge < -0.3 is 15.1 Å². The summed E-state index contributed by atoms with van der Waals surface area (Å²) in [6.45, 7) is 9.18. The normalized spacial score (nSPS) is 20.5. The topological polar surface area (TPSA) is 82.1 Å². The van der Waals surface area contributed by atoms with E-state index >= 15 is 0 Å². The van der Waals surface area contributed by atoms with Crippen molar-refractivity contribution in [1.29, 1.82) is 0 Å². The lowest BCUT2D eigenvalue weighted by Crippen LogP contribution is -2.57. The minimum atomic E-state index is -3.10. The SMILES string of the molecule is CC(C)CNC(=NCC(=O)N(C)C)N1CCS(=O)(=O)C(C)(C)C1. The van der Waals surface area contributed by atoms with Crippen LogP contribution in [-0.2, 0) is 14.6 Å². The highest BCUT2D eigenvalue weighted by molar-refractivity contribution is 7.92. The monoisotopic (exact) mass is 346 g/mol. The van der Waals surface area contributed by atoms with E-state index in [0.717, 1.165) is 6.54 Å². The van der Waals surface area contributed by atoms with Crippen LogP contribution in [0.25, 0.3) is 0 Å². The van der Waals surface area contributed by atoms with Crippen LogP contribution in [0.1, 0.15) is 27.7 Å². The Hall–Kier alpha value is -1.31. The van der Waals surface area contributed by atoms with Crippen molar-refractivity contribution < 1.29 is 13.2 Å². The molecule has 1 fully saturated rings. The standard InChI is InChI=1S/C15H30N4O3S/c1-12(2)9-16-14(17-10-13(20)18(5)6)19-7-8-23(21,22)15(3,4)11-19/h12H,7-11H2,1-6H3,(H,16,17). The second-order valence-corrected chi connectivity index (χ2v) is 9.95. The van der Waals surface area contributed by atoms with Crippen molar-refractivity contribution in [2.24, 2.45) is 10.9 Å². The molecule has 0 spiro atoms. The summed E-state index contributed by atoms with van der Waals surface area (Å²) in [4.78, 5) is 19.6. The number of guanidine groups is 1. The first kappa shape index (κ1) is 19.7. The minimum Gasteiger partial charge on any atom is -0.356 e. The first-order valence-corrected chi connectivity index (χ1v) is 9.57. The van der Waals surface area contributed by atoms with Gasteiger partial charge in [-0.2, -0.15) is 0 Å². The Labute approximate surface area is 140 Å². The van der Waals surface area contributed by atoms with Gasteiger partial charge in [-0.3, -0.25) is 4.79 Å². The number of amides is 1. The van der Waals surface area contributed by atoms with E-state index in [1.54, 1.807) is 27.9 Å². The van der Waals surface area contributed by atoms with Crippen LogP contribution in [0.3, 0.4) is 0 Å². The Balaban J connectivity index is 2.92. The van der Waals surface area contributed by atoms with Crippen LogP contribution in [0.2, 0.25) is 0 Å². The quantitative estimate of drug-likeness (QED) is 0.580. The molecule has 0 atom stereocenters. The molecule has 1 heterocycles. The van der Waals surface area contributed by atoms with E-state index in [1.807, 2.05) is 4.90 Å². The van der Waals surface area contributed by atoms with E-state index < -0.39 is 14.6 Å². The molecular formula is C15H30N4O3S. The van der Waals surface area contributed by atoms with Crippen LogP contribution in [0.4, 0.5) is 0 Å². The number of rotatable bonds is 4. The lowest BCUT2D eigenvalue weighted by atomic mass is 10.2. The van der Waals surface area contributed by atoms with Crippen molar-refractivity contribution in [3.8, 4) is 0 Å². The van der Waals surface area contributed by atoms with E-state index in [2.05, 4.69) is 24.2 Å². The van der Waals surface area contributed by atoms with Crippen molar-refractivity contribution in [2.75, 3.05) is 46.0 Å². The Morgan fingerprint density at radius 3 is 2.43 bits per heavy atom. The van der Waals surface area contributed by atoms with Crippen molar-refractivity contribution >= 4 is 21.7 Å². The summed E-state index contributed by atoms with van der Waals surface area (Å²) in [6.07, 6.45) is 0. The molecule has 23 heavy (non-hydrogen) atoms. The molecule has 0 aromatic carbocycles. The molecule has 1 N–H and O–H groups in total. The van der Waals surface area contributed by atoms with Gasteiger partial charge in [0.2, 0.25) is 5.91 Å². The van der Waals surface area contributed by atoms with E-state index in [1.165, 1.54) is 4.90 Å². The zero-order chi connectivity index (χ0) is 17.8. The largest absolute Gasteiger partial charge is 0.356 e. The van der Waals surface area contributed by atoms with Gasteiger partial charge in [-0.25, -0.2) is 13.4 Å². The summed E-state index contributed by atoms with van der Waals surface area (Å²) >= 11 is 0. The van der Waals surface area contributed by atoms with Crippen molar-refractivity contribution in [1.82, 2.24) is 15.1 Å². The van der Waals surface area contributed by atoms with Crippen molar-refractivity contribution in [3.63, 3.8) is 0 Å². The first-order chi connectivity index (χ1) is 10.5. The van der Waals surface area contributed by atoms with Gasteiger partial charge in [0.15, 0.2) is 15.8 Å². The number of hydrogen-bond donors (Lipinski definition) is 1. The molecule has 1 aliphatic rings. The first-order valence-electron chi connectivity index (χ1n) is 7.92. The van der Waals surface area contributed by atoms with Gasteiger partial charge in [-0.05, 0) is 19.8 Å². The van der Waals surface area contributed by atoms with Crippen LogP contribution in [0.15, 0.2) is 4.99 Å². The smallest absolute Gasteiger partial charge is 0.243 e. The van der Waals surface area contributed by atoms with Gasteiger partial charge in [0.25, 0.3) is 0 Å². The summed E-state index contributed by atoms with van der Waals surface area (Å²) in [7, 11) is 0.277. The summed E-state index contributed by atoms with van der Waals surface area (Å²) in [5.41, 5.74) is 0. The third-order valence-electron chi connectivity index (χ3n) is 3.87. The Morgan fingerprint density at radius 2 is 1.96 bits per heavy atom. The van der Waals surface area contributed by atoms with Crippen molar-refractivity contribution in [2.45, 2.75) is 32.4 Å². The van der Waals surface area contributed by atoms with E-state index in [9.17, 15) is 13.2 Å². The number of hydrogen-bond acceptors (Lipinski definition) is 4. The van der Waals surface area contributed by atoms with Crippen molar-refractivity contribution in [3.05, 3.63) is 0 Å². The molecule has 0 aliphatic carbocycles. The van der Waals surface area contributed by atoms with Gasteiger partial charge in [0.1, 0.15) is 6.54 Å². The highest BCUT2D eigenvalue weighted by Gasteiger charge is 2.41. The molecule has 134 valence electrons. The maximum atomic E-state index is 12.1. The number of likely N-dealkylation sites (N-methyl/N-ethyl adjacent to an activating group) is 1. The molecule has 1 saturated heterocycles. The maximum absolute atomic E-state index is 12.1. The number of carbonyl (C=O) groups excluding carboxylic acids is 1. The van der Waals surface area contributed by atoms with Crippen LogP contribution >= 0.6 is 0 Å². The summed E-state index contributed by atoms with van der Waals surface area (Å²) in [5, 5.41) is 3.26. The number of nitrogens with one attached hydrogen (secondary N) is 1. The van der Waals surface area contributed by atoms with Crippen LogP contribution in [0.5, 0.6) is 0 Å². The predicted molar refractivity (Wildman–Crippen MR) is 93.3 cm³/mol. The second kappa shape index (κ2) is 7.51. The molecule has 0 bridgehead atoms. The summed E-state index contributed by atoms with van der Waals surface area (Å²) in [6, 6.07) is 0. The fraction of sp³-hybridized carbons (Fsp3) is 0.867. The second-order valence-electron chi connectivity index (χ2n) is 7.20. The van der Waals surface area contributed by atoms with Crippen LogP contribution in [0, 0.1) is 5.92 Å². The third-order valence-corrected chi connectivity index (χ3v) is 6.41. The fourth-order valence-corrected chi connectivity index (χ4v) is 3.54. The average Bonchev–Trinajstić information content (AvgIpc) is 2.41. The predicted octanol–water partition coefficient (Wildman–Crippen LogP) is 0.185. The maximum Gasteiger partial charge on any atom is 0.243 e. The third kappa shape index (κ3) is 5.37. The molecule has 0 aromatic heterocycles. The fourth-order valence-electron chi connectivity index (χ4n) is 2.17. The average molecular weight is 346 g/mol. The molecule has 8 heteroatoms. The van der Waals surface area contributed by atoms with Gasteiger partial charge in [0.05, 0.1) is 10.5 Å². The van der Waals surface area contributed by atoms with Crippen LogP contribution in [-0.4, -0.2) is 80.9 Å². The van der Waals surface area contributed by atoms with E-state index in [0.29, 0.717) is 25.0 Å². The summed E-state index contributed by atoms with van der Waals surface area (Å²) < 4.78 is 23.5. The lowest BCUT2D eigenvalue weighted by molar-refractivity contribution is -0.127. The molecule has 0 unspecified atom stereocenters.